The van der Waals surface area contributed by atoms with Crippen molar-refractivity contribution < 1.29 is 9.13 Å². The number of nitrogens with two attached hydrogens (primary N) is 1. The summed E-state index contributed by atoms with van der Waals surface area (Å²) in [6.07, 6.45) is 0.828. The zero-order chi connectivity index (χ0) is 12.6. The fourth-order valence-electron chi connectivity index (χ4n) is 2.22. The number of nitrogens with zero attached hydrogens (tertiary/aromatic N) is 1. The number of nitriles is 1. The molecule has 0 saturated carbocycles. The average molecular weight is 234 g/mol. The maximum Gasteiger partial charge on any atom is 0.128 e. The number of ether oxygens (including phenoxy) is 1. The van der Waals surface area contributed by atoms with Gasteiger partial charge in [0.2, 0.25) is 0 Å². The van der Waals surface area contributed by atoms with E-state index in [1.807, 2.05) is 6.92 Å². The van der Waals surface area contributed by atoms with Crippen molar-refractivity contribution in [1.29, 1.82) is 5.26 Å². The van der Waals surface area contributed by atoms with Gasteiger partial charge in [0.15, 0.2) is 0 Å². The van der Waals surface area contributed by atoms with Crippen LogP contribution in [0.2, 0.25) is 0 Å². The summed E-state index contributed by atoms with van der Waals surface area (Å²) in [7, 11) is 0. The molecule has 2 atom stereocenters. The zero-order valence-electron chi connectivity index (χ0n) is 9.96. The molecule has 2 rings (SSSR count). The first-order valence-electron chi connectivity index (χ1n) is 5.59. The van der Waals surface area contributed by atoms with E-state index in [1.165, 1.54) is 12.1 Å². The van der Waals surface area contributed by atoms with Crippen LogP contribution in [0.5, 0.6) is 5.75 Å². The number of hydrogen-bond acceptors (Lipinski definition) is 3. The Balaban J connectivity index is 2.45. The van der Waals surface area contributed by atoms with Crippen LogP contribution >= 0.6 is 0 Å². The van der Waals surface area contributed by atoms with Crippen molar-refractivity contribution in [3.8, 4) is 11.8 Å². The molecule has 1 aromatic rings. The van der Waals surface area contributed by atoms with Crippen LogP contribution < -0.4 is 10.5 Å². The number of hydrogen-bond donors (Lipinski definition) is 1. The molecule has 0 aliphatic carbocycles. The molecule has 0 saturated heterocycles. The van der Waals surface area contributed by atoms with Gasteiger partial charge in [-0.05, 0) is 26.0 Å². The summed E-state index contributed by atoms with van der Waals surface area (Å²) in [6, 6.07) is 4.68. The molecule has 3 nitrogen and oxygen atoms in total. The Hall–Kier alpha value is -1.60. The van der Waals surface area contributed by atoms with E-state index < -0.39 is 5.60 Å². The van der Waals surface area contributed by atoms with Gasteiger partial charge in [-0.15, -0.1) is 0 Å². The lowest BCUT2D eigenvalue weighted by Gasteiger charge is -2.21. The van der Waals surface area contributed by atoms with Crippen LogP contribution in [0.1, 0.15) is 37.4 Å². The minimum absolute atomic E-state index is 0.279. The molecule has 1 unspecified atom stereocenters. The highest BCUT2D eigenvalue weighted by molar-refractivity contribution is 5.47. The highest BCUT2D eigenvalue weighted by atomic mass is 19.1. The van der Waals surface area contributed by atoms with Crippen molar-refractivity contribution in [2.24, 2.45) is 5.73 Å². The van der Waals surface area contributed by atoms with Crippen LogP contribution in [-0.2, 0) is 6.42 Å². The largest absolute Gasteiger partial charge is 0.486 e. The second kappa shape index (κ2) is 4.01. The fourth-order valence-corrected chi connectivity index (χ4v) is 2.22. The summed E-state index contributed by atoms with van der Waals surface area (Å²) in [5, 5.41) is 8.78. The molecule has 1 aliphatic rings. The van der Waals surface area contributed by atoms with E-state index in [0.29, 0.717) is 17.7 Å². The first-order valence-corrected chi connectivity index (χ1v) is 5.59. The van der Waals surface area contributed by atoms with Gasteiger partial charge in [0.05, 0.1) is 12.5 Å². The van der Waals surface area contributed by atoms with Crippen molar-refractivity contribution in [2.75, 3.05) is 0 Å². The topological polar surface area (TPSA) is 59.0 Å². The quantitative estimate of drug-likeness (QED) is 0.855. The Morgan fingerprint density at radius 3 is 2.94 bits per heavy atom. The molecule has 0 amide bonds. The van der Waals surface area contributed by atoms with Gasteiger partial charge in [-0.1, -0.05) is 0 Å². The van der Waals surface area contributed by atoms with E-state index in [1.54, 1.807) is 6.92 Å². The van der Waals surface area contributed by atoms with Gasteiger partial charge >= 0.3 is 0 Å². The third kappa shape index (κ3) is 2.11. The van der Waals surface area contributed by atoms with Crippen molar-refractivity contribution in [3.05, 3.63) is 29.1 Å². The summed E-state index contributed by atoms with van der Waals surface area (Å²) in [5.74, 6) is 0.347. The van der Waals surface area contributed by atoms with Gasteiger partial charge in [-0.3, -0.25) is 0 Å². The Bertz CT molecular complexity index is 493. The van der Waals surface area contributed by atoms with Crippen LogP contribution in [0.4, 0.5) is 4.39 Å². The lowest BCUT2D eigenvalue weighted by atomic mass is 9.95. The standard InChI is InChI=1S/C13H15FN2O/c1-8(16)11-6-10(14)5-9-7-13(2,3-4-15)17-12(9)11/h5-6,8H,3,7,16H2,1-2H3/t8-,13?/m0/s1. The van der Waals surface area contributed by atoms with E-state index in [9.17, 15) is 4.39 Å². The molecule has 0 radical (unpaired) electrons. The molecular weight excluding hydrogens is 219 g/mol. The van der Waals surface area contributed by atoms with E-state index >= 15 is 0 Å². The second-order valence-electron chi connectivity index (χ2n) is 4.84. The van der Waals surface area contributed by atoms with E-state index in [4.69, 9.17) is 15.7 Å². The predicted octanol–water partition coefficient (Wildman–Crippen LogP) is 2.45. The van der Waals surface area contributed by atoms with Crippen LogP contribution in [-0.4, -0.2) is 5.60 Å². The Morgan fingerprint density at radius 1 is 1.65 bits per heavy atom. The highest BCUT2D eigenvalue weighted by Gasteiger charge is 2.36. The van der Waals surface area contributed by atoms with Gasteiger partial charge in [0, 0.05) is 23.6 Å². The normalized spacial score (nSPS) is 23.7. The molecule has 1 aromatic carbocycles. The number of benzene rings is 1. The number of rotatable bonds is 2. The smallest absolute Gasteiger partial charge is 0.128 e. The average Bonchev–Trinajstić information content (AvgIpc) is 2.53. The molecule has 1 heterocycles. The van der Waals surface area contributed by atoms with E-state index in [-0.39, 0.29) is 18.3 Å². The molecule has 2 N–H and O–H groups in total. The summed E-state index contributed by atoms with van der Waals surface area (Å²) in [4.78, 5) is 0. The van der Waals surface area contributed by atoms with Crippen molar-refractivity contribution >= 4 is 0 Å². The summed E-state index contributed by atoms with van der Waals surface area (Å²) in [5.41, 5.74) is 6.71. The zero-order valence-corrected chi connectivity index (χ0v) is 9.96. The van der Waals surface area contributed by atoms with Crippen LogP contribution in [0, 0.1) is 17.1 Å². The van der Waals surface area contributed by atoms with Crippen LogP contribution in [0.15, 0.2) is 12.1 Å². The summed E-state index contributed by atoms with van der Waals surface area (Å²) >= 11 is 0. The molecule has 1 aliphatic heterocycles. The van der Waals surface area contributed by atoms with Crippen molar-refractivity contribution in [3.63, 3.8) is 0 Å². The van der Waals surface area contributed by atoms with Crippen LogP contribution in [0.25, 0.3) is 0 Å². The monoisotopic (exact) mass is 234 g/mol. The number of fused-ring (bicyclic) bond motifs is 1. The van der Waals surface area contributed by atoms with E-state index in [0.717, 1.165) is 5.56 Å². The third-order valence-corrected chi connectivity index (χ3v) is 3.02. The maximum atomic E-state index is 13.4. The Morgan fingerprint density at radius 2 is 2.35 bits per heavy atom. The molecule has 4 heteroatoms. The number of halogens is 1. The second-order valence-corrected chi connectivity index (χ2v) is 4.84. The third-order valence-electron chi connectivity index (χ3n) is 3.02. The minimum Gasteiger partial charge on any atom is -0.486 e. The lowest BCUT2D eigenvalue weighted by molar-refractivity contribution is 0.120. The van der Waals surface area contributed by atoms with Gasteiger partial charge in [-0.2, -0.15) is 5.26 Å². The van der Waals surface area contributed by atoms with E-state index in [2.05, 4.69) is 6.07 Å². The molecule has 0 bridgehead atoms. The van der Waals surface area contributed by atoms with Gasteiger partial charge < -0.3 is 10.5 Å². The fraction of sp³-hybridized carbons (Fsp3) is 0.462. The van der Waals surface area contributed by atoms with Gasteiger partial charge in [-0.25, -0.2) is 4.39 Å². The summed E-state index contributed by atoms with van der Waals surface area (Å²) in [6.45, 7) is 3.65. The maximum absolute atomic E-state index is 13.4. The SMILES string of the molecule is C[C@H](N)c1cc(F)cc2c1OC(C)(CC#N)C2. The lowest BCUT2D eigenvalue weighted by Crippen LogP contribution is -2.29. The molecule has 0 fully saturated rings. The summed E-state index contributed by atoms with van der Waals surface area (Å²) < 4.78 is 19.3. The Kier molecular flexibility index (Phi) is 2.80. The highest BCUT2D eigenvalue weighted by Crippen LogP contribution is 2.41. The van der Waals surface area contributed by atoms with Crippen molar-refractivity contribution in [2.45, 2.75) is 38.3 Å². The van der Waals surface area contributed by atoms with Gasteiger partial charge in [0.1, 0.15) is 17.2 Å². The molecule has 90 valence electrons. The Labute approximate surface area is 100.0 Å². The molecular formula is C13H15FN2O. The molecule has 0 spiro atoms. The molecule has 0 aromatic heterocycles. The van der Waals surface area contributed by atoms with Crippen LogP contribution in [0.3, 0.4) is 0 Å². The minimum atomic E-state index is -0.561. The first kappa shape index (κ1) is 11.9. The molecule has 17 heavy (non-hydrogen) atoms. The predicted molar refractivity (Wildman–Crippen MR) is 62.0 cm³/mol. The van der Waals surface area contributed by atoms with Gasteiger partial charge in [0.25, 0.3) is 0 Å². The first-order chi connectivity index (χ1) is 7.95. The van der Waals surface area contributed by atoms with Crippen molar-refractivity contribution in [1.82, 2.24) is 0 Å².